The number of rotatable bonds is 3. The molecule has 2 amide bonds. The highest BCUT2D eigenvalue weighted by Crippen LogP contribution is 2.22. The number of nitrogens with zero attached hydrogens (tertiary/aromatic N) is 2. The fourth-order valence-corrected chi connectivity index (χ4v) is 3.46. The van der Waals surface area contributed by atoms with Crippen LogP contribution in [0, 0.1) is 11.8 Å². The SMILES string of the molecule is CC1CC(C)CN(C(=O)C(C)N2CCOC(C(N)=O)C2)C1. The first-order chi connectivity index (χ1) is 9.88. The van der Waals surface area contributed by atoms with Crippen LogP contribution in [0.15, 0.2) is 0 Å². The van der Waals surface area contributed by atoms with Gasteiger partial charge in [0.1, 0.15) is 6.10 Å². The summed E-state index contributed by atoms with van der Waals surface area (Å²) in [5.41, 5.74) is 5.30. The summed E-state index contributed by atoms with van der Waals surface area (Å²) in [6.07, 6.45) is 0.577. The molecule has 0 aromatic carbocycles. The maximum absolute atomic E-state index is 12.7. The molecular weight excluding hydrogens is 270 g/mol. The molecule has 0 aromatic heterocycles. The number of hydrogen-bond acceptors (Lipinski definition) is 4. The highest BCUT2D eigenvalue weighted by Gasteiger charge is 2.34. The second-order valence-corrected chi connectivity index (χ2v) is 6.62. The quantitative estimate of drug-likeness (QED) is 0.799. The van der Waals surface area contributed by atoms with Crippen molar-refractivity contribution in [3.63, 3.8) is 0 Å². The van der Waals surface area contributed by atoms with Crippen molar-refractivity contribution in [3.05, 3.63) is 0 Å². The molecule has 6 nitrogen and oxygen atoms in total. The molecular formula is C15H27N3O3. The molecule has 0 aromatic rings. The minimum absolute atomic E-state index is 0.151. The number of nitrogens with two attached hydrogens (primary N) is 1. The average Bonchev–Trinajstić information content (AvgIpc) is 2.44. The first-order valence-electron chi connectivity index (χ1n) is 7.82. The van der Waals surface area contributed by atoms with Gasteiger partial charge in [0.15, 0.2) is 0 Å². The third-order valence-corrected chi connectivity index (χ3v) is 4.50. The lowest BCUT2D eigenvalue weighted by Gasteiger charge is -2.40. The number of piperidine rings is 1. The van der Waals surface area contributed by atoms with Gasteiger partial charge in [0.2, 0.25) is 11.8 Å². The molecule has 4 unspecified atom stereocenters. The zero-order chi connectivity index (χ0) is 15.6. The lowest BCUT2D eigenvalue weighted by Crippen LogP contribution is -2.57. The topological polar surface area (TPSA) is 75.9 Å². The van der Waals surface area contributed by atoms with E-state index in [1.54, 1.807) is 0 Å². The van der Waals surface area contributed by atoms with Crippen LogP contribution in [-0.4, -0.2) is 66.5 Å². The van der Waals surface area contributed by atoms with Crippen molar-refractivity contribution in [1.82, 2.24) is 9.80 Å². The van der Waals surface area contributed by atoms with Gasteiger partial charge in [0, 0.05) is 26.2 Å². The fourth-order valence-electron chi connectivity index (χ4n) is 3.46. The zero-order valence-electron chi connectivity index (χ0n) is 13.2. The van der Waals surface area contributed by atoms with Crippen molar-refractivity contribution in [3.8, 4) is 0 Å². The van der Waals surface area contributed by atoms with E-state index in [1.165, 1.54) is 6.42 Å². The Labute approximate surface area is 126 Å². The van der Waals surface area contributed by atoms with Crippen LogP contribution in [0.4, 0.5) is 0 Å². The van der Waals surface area contributed by atoms with Crippen LogP contribution in [0.5, 0.6) is 0 Å². The molecule has 0 spiro atoms. The normalized spacial score (nSPS) is 32.7. The first-order valence-corrected chi connectivity index (χ1v) is 7.82. The number of hydrogen-bond donors (Lipinski definition) is 1. The van der Waals surface area contributed by atoms with Crippen LogP contribution in [-0.2, 0) is 14.3 Å². The Hall–Kier alpha value is -1.14. The monoisotopic (exact) mass is 297 g/mol. The lowest BCUT2D eigenvalue weighted by atomic mass is 9.91. The van der Waals surface area contributed by atoms with Crippen LogP contribution in [0.2, 0.25) is 0 Å². The number of ether oxygens (including phenoxy) is 1. The van der Waals surface area contributed by atoms with Gasteiger partial charge in [-0.1, -0.05) is 13.8 Å². The number of carbonyl (C=O) groups excluding carboxylic acids is 2. The van der Waals surface area contributed by atoms with Gasteiger partial charge in [-0.05, 0) is 25.2 Å². The number of amides is 2. The van der Waals surface area contributed by atoms with Crippen LogP contribution >= 0.6 is 0 Å². The highest BCUT2D eigenvalue weighted by molar-refractivity contribution is 5.82. The summed E-state index contributed by atoms with van der Waals surface area (Å²) in [5, 5.41) is 0. The number of likely N-dealkylation sites (tertiary alicyclic amines) is 1. The van der Waals surface area contributed by atoms with Crippen LogP contribution in [0.1, 0.15) is 27.2 Å². The van der Waals surface area contributed by atoms with Crippen LogP contribution in [0.25, 0.3) is 0 Å². The summed E-state index contributed by atoms with van der Waals surface area (Å²) in [6.45, 7) is 9.47. The summed E-state index contributed by atoms with van der Waals surface area (Å²) in [5.74, 6) is 0.791. The number of primary amides is 1. The maximum atomic E-state index is 12.7. The van der Waals surface area contributed by atoms with E-state index in [1.807, 2.05) is 16.7 Å². The van der Waals surface area contributed by atoms with Gasteiger partial charge in [-0.25, -0.2) is 0 Å². The molecule has 2 heterocycles. The van der Waals surface area contributed by atoms with Gasteiger partial charge in [-0.2, -0.15) is 0 Å². The predicted molar refractivity (Wildman–Crippen MR) is 79.5 cm³/mol. The Bertz CT molecular complexity index is 392. The van der Waals surface area contributed by atoms with E-state index in [0.29, 0.717) is 31.5 Å². The minimum Gasteiger partial charge on any atom is -0.367 e. The molecule has 2 aliphatic heterocycles. The van der Waals surface area contributed by atoms with Gasteiger partial charge >= 0.3 is 0 Å². The molecule has 2 rings (SSSR count). The van der Waals surface area contributed by atoms with Gasteiger partial charge < -0.3 is 15.4 Å². The van der Waals surface area contributed by atoms with E-state index in [9.17, 15) is 9.59 Å². The molecule has 0 saturated carbocycles. The van der Waals surface area contributed by atoms with E-state index in [4.69, 9.17) is 10.5 Å². The van der Waals surface area contributed by atoms with Gasteiger partial charge in [-0.15, -0.1) is 0 Å². The second-order valence-electron chi connectivity index (χ2n) is 6.62. The van der Waals surface area contributed by atoms with Gasteiger partial charge in [0.05, 0.1) is 12.6 Å². The van der Waals surface area contributed by atoms with Crippen molar-refractivity contribution < 1.29 is 14.3 Å². The fraction of sp³-hybridized carbons (Fsp3) is 0.867. The van der Waals surface area contributed by atoms with Crippen molar-refractivity contribution in [2.45, 2.75) is 39.3 Å². The molecule has 2 saturated heterocycles. The molecule has 6 heteroatoms. The molecule has 120 valence electrons. The minimum atomic E-state index is -0.604. The highest BCUT2D eigenvalue weighted by atomic mass is 16.5. The Morgan fingerprint density at radius 1 is 1.19 bits per heavy atom. The van der Waals surface area contributed by atoms with Crippen molar-refractivity contribution >= 4 is 11.8 Å². The largest absolute Gasteiger partial charge is 0.367 e. The smallest absolute Gasteiger partial charge is 0.247 e. The molecule has 4 atom stereocenters. The molecule has 2 aliphatic rings. The van der Waals surface area contributed by atoms with E-state index in [2.05, 4.69) is 13.8 Å². The summed E-state index contributed by atoms with van der Waals surface area (Å²) < 4.78 is 5.34. The third-order valence-electron chi connectivity index (χ3n) is 4.50. The zero-order valence-corrected chi connectivity index (χ0v) is 13.2. The summed E-state index contributed by atoms with van der Waals surface area (Å²) in [4.78, 5) is 27.9. The predicted octanol–water partition coefficient (Wildman–Crippen LogP) is 0.0655. The Morgan fingerprint density at radius 3 is 2.38 bits per heavy atom. The lowest BCUT2D eigenvalue weighted by molar-refractivity contribution is -0.147. The standard InChI is InChI=1S/C15H27N3O3/c1-10-6-11(2)8-18(7-10)15(20)12(3)17-4-5-21-13(9-17)14(16)19/h10-13H,4-9H2,1-3H3,(H2,16,19). The maximum Gasteiger partial charge on any atom is 0.247 e. The Kier molecular flexibility index (Phi) is 5.22. The molecule has 0 aliphatic carbocycles. The molecule has 2 N–H and O–H groups in total. The Balaban J connectivity index is 1.96. The molecule has 0 radical (unpaired) electrons. The van der Waals surface area contributed by atoms with Gasteiger partial charge in [-0.3, -0.25) is 14.5 Å². The average molecular weight is 297 g/mol. The van der Waals surface area contributed by atoms with E-state index < -0.39 is 12.0 Å². The summed E-state index contributed by atoms with van der Waals surface area (Å²) >= 11 is 0. The molecule has 21 heavy (non-hydrogen) atoms. The van der Waals surface area contributed by atoms with Crippen LogP contribution < -0.4 is 5.73 Å². The third kappa shape index (κ3) is 3.95. The van der Waals surface area contributed by atoms with Gasteiger partial charge in [0.25, 0.3) is 0 Å². The Morgan fingerprint density at radius 2 is 1.81 bits per heavy atom. The first kappa shape index (κ1) is 16.2. The van der Waals surface area contributed by atoms with E-state index >= 15 is 0 Å². The van der Waals surface area contributed by atoms with Crippen molar-refractivity contribution in [1.29, 1.82) is 0 Å². The summed E-state index contributed by atoms with van der Waals surface area (Å²) in [7, 11) is 0. The van der Waals surface area contributed by atoms with Crippen LogP contribution in [0.3, 0.4) is 0 Å². The molecule has 0 bridgehead atoms. The summed E-state index contributed by atoms with van der Waals surface area (Å²) in [6, 6.07) is -0.228. The second kappa shape index (κ2) is 6.75. The van der Waals surface area contributed by atoms with Crippen molar-refractivity contribution in [2.75, 3.05) is 32.8 Å². The molecule has 2 fully saturated rings. The van der Waals surface area contributed by atoms with E-state index in [0.717, 1.165) is 13.1 Å². The van der Waals surface area contributed by atoms with Crippen molar-refractivity contribution in [2.24, 2.45) is 17.6 Å². The number of morpholine rings is 1. The van der Waals surface area contributed by atoms with E-state index in [-0.39, 0.29) is 11.9 Å². The number of carbonyl (C=O) groups is 2.